The number of benzene rings is 1. The van der Waals surface area contributed by atoms with Crippen molar-refractivity contribution in [3.8, 4) is 5.75 Å². The maximum absolute atomic E-state index is 12.0. The second-order valence-corrected chi connectivity index (χ2v) is 4.51. The van der Waals surface area contributed by atoms with E-state index in [1.807, 2.05) is 0 Å². The van der Waals surface area contributed by atoms with Gasteiger partial charge in [0.2, 0.25) is 5.91 Å². The highest BCUT2D eigenvalue weighted by atomic mass is 16.5. The highest BCUT2D eigenvalue weighted by molar-refractivity contribution is 5.93. The van der Waals surface area contributed by atoms with Crippen LogP contribution in [0.5, 0.6) is 5.75 Å². The number of aliphatic carboxylic acids is 1. The van der Waals surface area contributed by atoms with Gasteiger partial charge in [-0.15, -0.1) is 0 Å². The van der Waals surface area contributed by atoms with Crippen LogP contribution >= 0.6 is 0 Å². The van der Waals surface area contributed by atoms with Gasteiger partial charge in [0.1, 0.15) is 5.75 Å². The Bertz CT molecular complexity index is 505. The van der Waals surface area contributed by atoms with Crippen molar-refractivity contribution in [1.29, 1.82) is 0 Å². The summed E-state index contributed by atoms with van der Waals surface area (Å²) in [7, 11) is 0. The van der Waals surface area contributed by atoms with Crippen LogP contribution in [0.2, 0.25) is 0 Å². The Balaban J connectivity index is 1.96. The average Bonchev–Trinajstić information content (AvgIpc) is 2.83. The van der Waals surface area contributed by atoms with E-state index in [1.54, 1.807) is 24.3 Å². The van der Waals surface area contributed by atoms with Crippen LogP contribution in [-0.4, -0.2) is 42.8 Å². The zero-order valence-electron chi connectivity index (χ0n) is 10.7. The molecule has 2 rings (SSSR count). The lowest BCUT2D eigenvalue weighted by molar-refractivity contribution is -0.139. The molecule has 7 nitrogen and oxygen atoms in total. The smallest absolute Gasteiger partial charge is 0.341 e. The molecule has 7 heteroatoms. The molecule has 2 atom stereocenters. The molecule has 1 aliphatic heterocycles. The molecule has 0 radical (unpaired) electrons. The summed E-state index contributed by atoms with van der Waals surface area (Å²) in [5.74, 6) is -1.28. The van der Waals surface area contributed by atoms with E-state index in [1.165, 1.54) is 0 Å². The fraction of sp³-hybridized carbons (Fsp3) is 0.385. The maximum Gasteiger partial charge on any atom is 0.341 e. The van der Waals surface area contributed by atoms with E-state index in [0.717, 1.165) is 0 Å². The summed E-state index contributed by atoms with van der Waals surface area (Å²) >= 11 is 0. The number of anilines is 1. The van der Waals surface area contributed by atoms with E-state index in [9.17, 15) is 9.59 Å². The number of carbonyl (C=O) groups excluding carboxylic acids is 1. The van der Waals surface area contributed by atoms with E-state index in [2.05, 4.69) is 5.32 Å². The summed E-state index contributed by atoms with van der Waals surface area (Å²) in [6, 6.07) is 6.22. The molecule has 108 valence electrons. The minimum atomic E-state index is -1.06. The average molecular weight is 280 g/mol. The third kappa shape index (κ3) is 3.69. The van der Waals surface area contributed by atoms with Crippen LogP contribution in [0.25, 0.3) is 0 Å². The van der Waals surface area contributed by atoms with Crippen LogP contribution in [0.3, 0.4) is 0 Å². The Labute approximate surface area is 115 Å². The highest BCUT2D eigenvalue weighted by Crippen LogP contribution is 2.19. The molecule has 0 bridgehead atoms. The van der Waals surface area contributed by atoms with E-state index < -0.39 is 12.6 Å². The first-order valence-electron chi connectivity index (χ1n) is 6.15. The topological polar surface area (TPSA) is 111 Å². The highest BCUT2D eigenvalue weighted by Gasteiger charge is 2.31. The lowest BCUT2D eigenvalue weighted by Crippen LogP contribution is -2.37. The quantitative estimate of drug-likeness (QED) is 0.703. The van der Waals surface area contributed by atoms with Crippen LogP contribution in [0.15, 0.2) is 24.3 Å². The van der Waals surface area contributed by atoms with Gasteiger partial charge in [-0.1, -0.05) is 6.07 Å². The number of rotatable bonds is 5. The van der Waals surface area contributed by atoms with Crippen LogP contribution < -0.4 is 15.8 Å². The van der Waals surface area contributed by atoms with Crippen molar-refractivity contribution in [2.45, 2.75) is 6.04 Å². The number of hydrogen-bond acceptors (Lipinski definition) is 5. The molecule has 0 spiro atoms. The van der Waals surface area contributed by atoms with E-state index in [4.69, 9.17) is 20.3 Å². The predicted molar refractivity (Wildman–Crippen MR) is 70.5 cm³/mol. The van der Waals surface area contributed by atoms with Gasteiger partial charge in [0.15, 0.2) is 6.61 Å². The van der Waals surface area contributed by atoms with Gasteiger partial charge in [-0.05, 0) is 12.1 Å². The molecule has 1 fully saturated rings. The maximum atomic E-state index is 12.0. The summed E-state index contributed by atoms with van der Waals surface area (Å²) in [4.78, 5) is 22.4. The molecule has 4 N–H and O–H groups in total. The molecular formula is C13H16N2O5. The molecule has 1 heterocycles. The number of nitrogens with one attached hydrogen (secondary N) is 1. The number of carboxylic acid groups (broad SMARTS) is 1. The van der Waals surface area contributed by atoms with Crippen molar-refractivity contribution in [2.75, 3.05) is 25.1 Å². The number of carboxylic acids is 1. The van der Waals surface area contributed by atoms with Crippen molar-refractivity contribution < 1.29 is 24.2 Å². The van der Waals surface area contributed by atoms with Crippen molar-refractivity contribution in [2.24, 2.45) is 11.7 Å². The Hall–Kier alpha value is -2.12. The molecule has 1 aliphatic rings. The summed E-state index contributed by atoms with van der Waals surface area (Å²) in [6.07, 6.45) is 0. The largest absolute Gasteiger partial charge is 0.482 e. The fourth-order valence-corrected chi connectivity index (χ4v) is 1.88. The van der Waals surface area contributed by atoms with E-state index >= 15 is 0 Å². The van der Waals surface area contributed by atoms with Crippen LogP contribution in [-0.2, 0) is 14.3 Å². The van der Waals surface area contributed by atoms with Crippen LogP contribution in [0.1, 0.15) is 0 Å². The van der Waals surface area contributed by atoms with Gasteiger partial charge < -0.3 is 25.6 Å². The summed E-state index contributed by atoms with van der Waals surface area (Å²) < 4.78 is 10.2. The zero-order chi connectivity index (χ0) is 14.5. The molecule has 2 unspecified atom stereocenters. The van der Waals surface area contributed by atoms with Gasteiger partial charge in [-0.25, -0.2) is 4.79 Å². The normalized spacial score (nSPS) is 21.4. The Kier molecular flexibility index (Phi) is 4.54. The molecule has 0 saturated carbocycles. The van der Waals surface area contributed by atoms with Crippen molar-refractivity contribution in [3.05, 3.63) is 24.3 Å². The third-order valence-corrected chi connectivity index (χ3v) is 2.93. The van der Waals surface area contributed by atoms with Crippen molar-refractivity contribution >= 4 is 17.6 Å². The van der Waals surface area contributed by atoms with Crippen LogP contribution in [0, 0.1) is 5.92 Å². The molecule has 20 heavy (non-hydrogen) atoms. The van der Waals surface area contributed by atoms with Crippen molar-refractivity contribution in [1.82, 2.24) is 0 Å². The minimum absolute atomic E-state index is 0.217. The number of ether oxygens (including phenoxy) is 2. The Morgan fingerprint density at radius 3 is 2.90 bits per heavy atom. The van der Waals surface area contributed by atoms with Gasteiger partial charge in [-0.3, -0.25) is 4.79 Å². The van der Waals surface area contributed by atoms with Gasteiger partial charge in [0.05, 0.1) is 19.1 Å². The molecular weight excluding hydrogens is 264 g/mol. The zero-order valence-corrected chi connectivity index (χ0v) is 10.7. The molecule has 1 aromatic rings. The number of carbonyl (C=O) groups is 2. The molecule has 1 saturated heterocycles. The second kappa shape index (κ2) is 6.36. The lowest BCUT2D eigenvalue weighted by atomic mass is 10.0. The number of hydrogen-bond donors (Lipinski definition) is 3. The van der Waals surface area contributed by atoms with Gasteiger partial charge in [-0.2, -0.15) is 0 Å². The predicted octanol–water partition coefficient (Wildman–Crippen LogP) is 0.0622. The minimum Gasteiger partial charge on any atom is -0.482 e. The Morgan fingerprint density at radius 2 is 2.25 bits per heavy atom. The summed E-state index contributed by atoms with van der Waals surface area (Å²) in [6.45, 7) is 0.251. The standard InChI is InChI=1S/C13H16N2O5/c14-11-6-19-5-10(11)13(18)15-8-2-1-3-9(4-8)20-7-12(16)17/h1-4,10-11H,5-7,14H2,(H,15,18)(H,16,17). The van der Waals surface area contributed by atoms with Crippen LogP contribution in [0.4, 0.5) is 5.69 Å². The monoisotopic (exact) mass is 280 g/mol. The first-order valence-corrected chi connectivity index (χ1v) is 6.15. The fourth-order valence-electron chi connectivity index (χ4n) is 1.88. The third-order valence-electron chi connectivity index (χ3n) is 2.93. The first-order chi connectivity index (χ1) is 9.56. The second-order valence-electron chi connectivity index (χ2n) is 4.51. The first kappa shape index (κ1) is 14.3. The summed E-state index contributed by atoms with van der Waals surface area (Å²) in [5.41, 5.74) is 6.29. The van der Waals surface area contributed by atoms with E-state index in [-0.39, 0.29) is 17.9 Å². The molecule has 1 aromatic carbocycles. The number of nitrogens with two attached hydrogens (primary N) is 1. The molecule has 0 aliphatic carbocycles. The molecule has 0 aromatic heterocycles. The van der Waals surface area contributed by atoms with Gasteiger partial charge in [0.25, 0.3) is 0 Å². The summed E-state index contributed by atoms with van der Waals surface area (Å²) in [5, 5.41) is 11.3. The van der Waals surface area contributed by atoms with Gasteiger partial charge >= 0.3 is 5.97 Å². The SMILES string of the molecule is NC1COCC1C(=O)Nc1cccc(OCC(=O)O)c1. The van der Waals surface area contributed by atoms with Crippen molar-refractivity contribution in [3.63, 3.8) is 0 Å². The lowest BCUT2D eigenvalue weighted by Gasteiger charge is -2.14. The van der Waals surface area contributed by atoms with E-state index in [0.29, 0.717) is 24.7 Å². The van der Waals surface area contributed by atoms with Gasteiger partial charge in [0, 0.05) is 17.8 Å². The Morgan fingerprint density at radius 1 is 1.45 bits per heavy atom. The molecule has 1 amide bonds. The number of amides is 1.